The van der Waals surface area contributed by atoms with Crippen molar-refractivity contribution >= 4 is 28.8 Å². The number of ketones is 1. The highest BCUT2D eigenvalue weighted by Crippen LogP contribution is 2.44. The highest BCUT2D eigenvalue weighted by Gasteiger charge is 2.49. The summed E-state index contributed by atoms with van der Waals surface area (Å²) in [7, 11) is 0. The zero-order valence-corrected chi connectivity index (χ0v) is 17.2. The van der Waals surface area contributed by atoms with E-state index in [0.717, 1.165) is 49.8 Å². The molecule has 1 aromatic heterocycles. The van der Waals surface area contributed by atoms with Crippen molar-refractivity contribution in [1.29, 1.82) is 0 Å². The summed E-state index contributed by atoms with van der Waals surface area (Å²) in [5.74, 6) is -1.05. The zero-order valence-electron chi connectivity index (χ0n) is 16.4. The maximum Gasteiger partial charge on any atom is 0.295 e. The van der Waals surface area contributed by atoms with Gasteiger partial charge in [0.15, 0.2) is 0 Å². The predicted molar refractivity (Wildman–Crippen MR) is 114 cm³/mol. The van der Waals surface area contributed by atoms with Crippen LogP contribution in [-0.4, -0.2) is 27.7 Å². The molecule has 2 aromatic rings. The molecule has 1 saturated carbocycles. The summed E-state index contributed by atoms with van der Waals surface area (Å²) < 4.78 is 0. The summed E-state index contributed by atoms with van der Waals surface area (Å²) in [6, 6.07) is 9.47. The molecule has 1 unspecified atom stereocenters. The molecule has 1 aliphatic heterocycles. The van der Waals surface area contributed by atoms with Crippen molar-refractivity contribution in [2.45, 2.75) is 63.5 Å². The summed E-state index contributed by atoms with van der Waals surface area (Å²) in [5, 5.41) is 13.2. The zero-order chi connectivity index (χ0) is 20.0. The van der Waals surface area contributed by atoms with Crippen LogP contribution in [0.15, 0.2) is 41.3 Å². The number of hydrogen-bond donors (Lipinski definition) is 1. The molecule has 0 radical (unpaired) electrons. The molecule has 29 heavy (non-hydrogen) atoms. The van der Waals surface area contributed by atoms with Crippen LogP contribution < -0.4 is 0 Å². The number of likely N-dealkylation sites (tertiary alicyclic amines) is 1. The van der Waals surface area contributed by atoms with Crippen molar-refractivity contribution in [2.75, 3.05) is 0 Å². The number of Topliss-reactive ketones (excluding diaryl/α,β-unsaturated/α-hetero) is 1. The van der Waals surface area contributed by atoms with Crippen molar-refractivity contribution in [3.63, 3.8) is 0 Å². The van der Waals surface area contributed by atoms with E-state index in [1.165, 1.54) is 28.9 Å². The van der Waals surface area contributed by atoms with Gasteiger partial charge in [0.05, 0.1) is 11.6 Å². The SMILES string of the molecule is O=C1C(=O)N(C2CCCC2)C(c2cccs2)/C1=C(/O)c1ccc2c(c1)CCCC2. The topological polar surface area (TPSA) is 57.6 Å². The van der Waals surface area contributed by atoms with Crippen molar-refractivity contribution in [1.82, 2.24) is 4.90 Å². The Balaban J connectivity index is 1.63. The van der Waals surface area contributed by atoms with Crippen molar-refractivity contribution in [3.05, 3.63) is 62.9 Å². The van der Waals surface area contributed by atoms with E-state index in [4.69, 9.17) is 0 Å². The maximum atomic E-state index is 13.1. The Morgan fingerprint density at radius 3 is 2.48 bits per heavy atom. The van der Waals surface area contributed by atoms with E-state index in [0.29, 0.717) is 5.56 Å². The molecule has 1 atom stereocenters. The number of carbonyl (C=O) groups is 2. The number of fused-ring (bicyclic) bond motifs is 1. The molecule has 5 heteroatoms. The molecule has 1 saturated heterocycles. The smallest absolute Gasteiger partial charge is 0.295 e. The Labute approximate surface area is 174 Å². The fraction of sp³-hybridized carbons (Fsp3) is 0.417. The molecule has 1 N–H and O–H groups in total. The lowest BCUT2D eigenvalue weighted by molar-refractivity contribution is -0.141. The molecule has 2 fully saturated rings. The first-order chi connectivity index (χ1) is 14.1. The van der Waals surface area contributed by atoms with Gasteiger partial charge in [-0.15, -0.1) is 11.3 Å². The van der Waals surface area contributed by atoms with Gasteiger partial charge in [0, 0.05) is 16.5 Å². The number of aryl methyl sites for hydroxylation is 2. The van der Waals surface area contributed by atoms with Crippen LogP contribution in [0, 0.1) is 0 Å². The van der Waals surface area contributed by atoms with E-state index in [2.05, 4.69) is 6.07 Å². The molecule has 1 aromatic carbocycles. The molecular weight excluding hydrogens is 382 g/mol. The van der Waals surface area contributed by atoms with Crippen LogP contribution in [0.3, 0.4) is 0 Å². The average Bonchev–Trinajstić information content (AvgIpc) is 3.49. The first kappa shape index (κ1) is 18.6. The largest absolute Gasteiger partial charge is 0.507 e. The van der Waals surface area contributed by atoms with Crippen molar-refractivity contribution in [3.8, 4) is 0 Å². The summed E-state index contributed by atoms with van der Waals surface area (Å²) in [6.07, 6.45) is 8.42. The minimum absolute atomic E-state index is 0.0318. The van der Waals surface area contributed by atoms with E-state index in [-0.39, 0.29) is 17.4 Å². The Morgan fingerprint density at radius 2 is 1.76 bits per heavy atom. The lowest BCUT2D eigenvalue weighted by Crippen LogP contribution is -2.37. The standard InChI is InChI=1S/C24H25NO3S/c26-22(17-12-11-15-6-1-2-7-16(15)14-17)20-21(19-10-5-13-29-19)25(24(28)23(20)27)18-8-3-4-9-18/h5,10-14,18,21,26H,1-4,6-9H2/b22-20-. The van der Waals surface area contributed by atoms with Crippen LogP contribution in [0.5, 0.6) is 0 Å². The highest BCUT2D eigenvalue weighted by molar-refractivity contribution is 7.10. The Hall–Kier alpha value is -2.40. The highest BCUT2D eigenvalue weighted by atomic mass is 32.1. The maximum absolute atomic E-state index is 13.1. The molecule has 4 nitrogen and oxygen atoms in total. The quantitative estimate of drug-likeness (QED) is 0.443. The Morgan fingerprint density at radius 1 is 1.00 bits per heavy atom. The molecular formula is C24H25NO3S. The number of amides is 1. The van der Waals surface area contributed by atoms with Crippen molar-refractivity contribution in [2.24, 2.45) is 0 Å². The number of nitrogens with zero attached hydrogens (tertiary/aromatic N) is 1. The van der Waals surface area contributed by atoms with Gasteiger partial charge in [-0.05, 0) is 67.2 Å². The molecule has 1 amide bonds. The Bertz CT molecular complexity index is 986. The van der Waals surface area contributed by atoms with Crippen LogP contribution in [0.4, 0.5) is 0 Å². The molecule has 0 spiro atoms. The van der Waals surface area contributed by atoms with Gasteiger partial charge in [-0.2, -0.15) is 0 Å². The fourth-order valence-corrected chi connectivity index (χ4v) is 6.00. The van der Waals surface area contributed by atoms with E-state index in [9.17, 15) is 14.7 Å². The van der Waals surface area contributed by atoms with Gasteiger partial charge in [-0.3, -0.25) is 9.59 Å². The third-order valence-corrected chi connectivity index (χ3v) is 7.56. The minimum Gasteiger partial charge on any atom is -0.507 e. The van der Waals surface area contributed by atoms with Gasteiger partial charge in [0.25, 0.3) is 11.7 Å². The van der Waals surface area contributed by atoms with Crippen LogP contribution >= 0.6 is 11.3 Å². The predicted octanol–water partition coefficient (Wildman–Crippen LogP) is 4.99. The second-order valence-corrected chi connectivity index (χ2v) is 9.33. The normalized spacial score (nSPS) is 24.3. The molecule has 5 rings (SSSR count). The molecule has 0 bridgehead atoms. The molecule has 2 aliphatic carbocycles. The van der Waals surface area contributed by atoms with Crippen LogP contribution in [-0.2, 0) is 22.4 Å². The van der Waals surface area contributed by atoms with Gasteiger partial charge >= 0.3 is 0 Å². The van der Waals surface area contributed by atoms with Gasteiger partial charge in [-0.1, -0.05) is 31.0 Å². The number of rotatable bonds is 3. The number of aliphatic hydroxyl groups excluding tert-OH is 1. The first-order valence-corrected chi connectivity index (χ1v) is 11.5. The van der Waals surface area contributed by atoms with E-state index in [1.807, 2.05) is 29.6 Å². The van der Waals surface area contributed by atoms with E-state index in [1.54, 1.807) is 4.90 Å². The van der Waals surface area contributed by atoms with Gasteiger partial charge in [0.1, 0.15) is 5.76 Å². The summed E-state index contributed by atoms with van der Waals surface area (Å²) in [5.41, 5.74) is 3.48. The van der Waals surface area contributed by atoms with E-state index >= 15 is 0 Å². The monoisotopic (exact) mass is 407 g/mol. The minimum atomic E-state index is -0.550. The number of thiophene rings is 1. The van der Waals surface area contributed by atoms with Crippen LogP contribution in [0.2, 0.25) is 0 Å². The van der Waals surface area contributed by atoms with Crippen LogP contribution in [0.25, 0.3) is 5.76 Å². The second-order valence-electron chi connectivity index (χ2n) is 8.35. The number of benzene rings is 1. The van der Waals surface area contributed by atoms with Crippen molar-refractivity contribution < 1.29 is 14.7 Å². The van der Waals surface area contributed by atoms with Gasteiger partial charge in [0.2, 0.25) is 0 Å². The number of carbonyl (C=O) groups excluding carboxylic acids is 2. The number of hydrogen-bond acceptors (Lipinski definition) is 4. The summed E-state index contributed by atoms with van der Waals surface area (Å²) in [4.78, 5) is 28.8. The fourth-order valence-electron chi connectivity index (χ4n) is 5.17. The van der Waals surface area contributed by atoms with E-state index < -0.39 is 17.7 Å². The lowest BCUT2D eigenvalue weighted by Gasteiger charge is -2.29. The molecule has 2 heterocycles. The Kier molecular flexibility index (Phi) is 4.78. The lowest BCUT2D eigenvalue weighted by atomic mass is 9.89. The third kappa shape index (κ3) is 3.12. The number of aliphatic hydroxyl groups is 1. The van der Waals surface area contributed by atoms with Gasteiger partial charge in [-0.25, -0.2) is 0 Å². The van der Waals surface area contributed by atoms with Gasteiger partial charge < -0.3 is 10.0 Å². The third-order valence-electron chi connectivity index (χ3n) is 6.63. The summed E-state index contributed by atoms with van der Waals surface area (Å²) in [6.45, 7) is 0. The van der Waals surface area contributed by atoms with Crippen LogP contribution in [0.1, 0.15) is 66.1 Å². The first-order valence-electron chi connectivity index (χ1n) is 10.6. The molecule has 150 valence electrons. The second kappa shape index (κ2) is 7.45. The summed E-state index contributed by atoms with van der Waals surface area (Å²) >= 11 is 1.53. The average molecular weight is 408 g/mol. The molecule has 3 aliphatic rings.